The minimum atomic E-state index is -0.802. The number of fused-ring (bicyclic) bond motifs is 3. The van der Waals surface area contributed by atoms with Gasteiger partial charge in [0.2, 0.25) is 0 Å². The molecule has 0 amide bonds. The number of H-pyrrole nitrogens is 1. The Labute approximate surface area is 97.7 Å². The Morgan fingerprint density at radius 1 is 1.06 bits per heavy atom. The van der Waals surface area contributed by atoms with Crippen LogP contribution >= 0.6 is 0 Å². The molecule has 3 nitrogen and oxygen atoms in total. The monoisotopic (exact) mass is 225 g/mol. The van der Waals surface area contributed by atoms with E-state index in [0.29, 0.717) is 0 Å². The molecule has 3 rings (SSSR count). The molecule has 17 heavy (non-hydrogen) atoms. The van der Waals surface area contributed by atoms with E-state index in [1.807, 2.05) is 42.5 Å². The van der Waals surface area contributed by atoms with Gasteiger partial charge < -0.3 is 10.1 Å². The van der Waals surface area contributed by atoms with E-state index in [-0.39, 0.29) is 6.42 Å². The van der Waals surface area contributed by atoms with Crippen LogP contribution in [-0.2, 0) is 11.2 Å². The summed E-state index contributed by atoms with van der Waals surface area (Å²) in [7, 11) is 0. The Bertz CT molecular complexity index is 712. The quantitative estimate of drug-likeness (QED) is 0.704. The van der Waals surface area contributed by atoms with Crippen LogP contribution < -0.4 is 0 Å². The molecule has 3 heteroatoms. The highest BCUT2D eigenvalue weighted by Gasteiger charge is 2.06. The average Bonchev–Trinajstić information content (AvgIpc) is 2.66. The lowest BCUT2D eigenvalue weighted by Crippen LogP contribution is -1.99. The molecular weight excluding hydrogens is 214 g/mol. The van der Waals surface area contributed by atoms with Crippen LogP contribution in [0.1, 0.15) is 5.56 Å². The number of carboxylic acids is 1. The van der Waals surface area contributed by atoms with Crippen molar-refractivity contribution < 1.29 is 9.90 Å². The van der Waals surface area contributed by atoms with Gasteiger partial charge in [0, 0.05) is 21.8 Å². The fraction of sp³-hybridized carbons (Fsp3) is 0.0714. The van der Waals surface area contributed by atoms with Crippen LogP contribution in [0.3, 0.4) is 0 Å². The molecule has 0 saturated carbocycles. The van der Waals surface area contributed by atoms with Crippen molar-refractivity contribution in [2.45, 2.75) is 6.42 Å². The molecule has 0 aliphatic heterocycles. The van der Waals surface area contributed by atoms with E-state index in [2.05, 4.69) is 4.98 Å². The van der Waals surface area contributed by atoms with Crippen molar-refractivity contribution in [3.8, 4) is 0 Å². The van der Waals surface area contributed by atoms with E-state index in [9.17, 15) is 4.79 Å². The molecule has 0 aliphatic carbocycles. The van der Waals surface area contributed by atoms with Gasteiger partial charge in [0.15, 0.2) is 0 Å². The van der Waals surface area contributed by atoms with Crippen molar-refractivity contribution in [3.63, 3.8) is 0 Å². The fourth-order valence-corrected chi connectivity index (χ4v) is 2.18. The normalized spacial score (nSPS) is 11.1. The molecule has 0 atom stereocenters. The molecule has 0 radical (unpaired) electrons. The molecule has 2 N–H and O–H groups in total. The largest absolute Gasteiger partial charge is 0.481 e. The third kappa shape index (κ3) is 1.65. The molecule has 0 aliphatic rings. The number of aromatic amines is 1. The predicted octanol–water partition coefficient (Wildman–Crippen LogP) is 2.95. The molecular formula is C14H11NO2. The minimum Gasteiger partial charge on any atom is -0.481 e. The zero-order chi connectivity index (χ0) is 11.8. The summed E-state index contributed by atoms with van der Waals surface area (Å²) in [6.45, 7) is 0. The van der Waals surface area contributed by atoms with E-state index < -0.39 is 5.97 Å². The lowest BCUT2D eigenvalue weighted by atomic mass is 10.1. The van der Waals surface area contributed by atoms with Gasteiger partial charge in [-0.05, 0) is 23.8 Å². The number of para-hydroxylation sites is 1. The number of aromatic nitrogens is 1. The highest BCUT2D eigenvalue weighted by Crippen LogP contribution is 2.26. The average molecular weight is 225 g/mol. The highest BCUT2D eigenvalue weighted by atomic mass is 16.4. The van der Waals surface area contributed by atoms with Crippen LogP contribution in [0.2, 0.25) is 0 Å². The maximum atomic E-state index is 10.7. The van der Waals surface area contributed by atoms with Crippen molar-refractivity contribution >= 4 is 27.8 Å². The van der Waals surface area contributed by atoms with Crippen molar-refractivity contribution in [3.05, 3.63) is 48.0 Å². The first-order valence-corrected chi connectivity index (χ1v) is 5.45. The van der Waals surface area contributed by atoms with Crippen molar-refractivity contribution in [2.75, 3.05) is 0 Å². The smallest absolute Gasteiger partial charge is 0.307 e. The number of nitrogens with one attached hydrogen (secondary N) is 1. The Morgan fingerprint density at radius 2 is 1.82 bits per heavy atom. The third-order valence-electron chi connectivity index (χ3n) is 2.93. The van der Waals surface area contributed by atoms with Gasteiger partial charge >= 0.3 is 5.97 Å². The first-order valence-electron chi connectivity index (χ1n) is 5.45. The van der Waals surface area contributed by atoms with Crippen LogP contribution in [0, 0.1) is 0 Å². The number of carboxylic acid groups (broad SMARTS) is 1. The minimum absolute atomic E-state index is 0.0649. The molecule has 1 heterocycles. The van der Waals surface area contributed by atoms with Crippen molar-refractivity contribution in [2.24, 2.45) is 0 Å². The molecule has 84 valence electrons. The zero-order valence-corrected chi connectivity index (χ0v) is 9.10. The summed E-state index contributed by atoms with van der Waals surface area (Å²) in [5, 5.41) is 11.0. The molecule has 0 bridgehead atoms. The van der Waals surface area contributed by atoms with E-state index in [0.717, 1.165) is 27.4 Å². The Kier molecular flexibility index (Phi) is 2.11. The molecule has 3 aromatic rings. The SMILES string of the molecule is O=C(O)Cc1ccc2[nH]c3ccccc3c2c1. The van der Waals surface area contributed by atoms with Crippen LogP contribution in [0.5, 0.6) is 0 Å². The summed E-state index contributed by atoms with van der Waals surface area (Å²) in [4.78, 5) is 14.0. The second-order valence-corrected chi connectivity index (χ2v) is 4.12. The van der Waals surface area contributed by atoms with Crippen LogP contribution in [0.25, 0.3) is 21.8 Å². The van der Waals surface area contributed by atoms with Gasteiger partial charge in [0.1, 0.15) is 0 Å². The van der Waals surface area contributed by atoms with Gasteiger partial charge in [-0.3, -0.25) is 4.79 Å². The number of carbonyl (C=O) groups is 1. The topological polar surface area (TPSA) is 53.1 Å². The number of hydrogen-bond donors (Lipinski definition) is 2. The lowest BCUT2D eigenvalue weighted by molar-refractivity contribution is -0.136. The first-order chi connectivity index (χ1) is 8.24. The number of aliphatic carboxylic acids is 1. The highest BCUT2D eigenvalue weighted by molar-refractivity contribution is 6.07. The fourth-order valence-electron chi connectivity index (χ4n) is 2.18. The molecule has 2 aromatic carbocycles. The van der Waals surface area contributed by atoms with Gasteiger partial charge in [-0.15, -0.1) is 0 Å². The molecule has 1 aromatic heterocycles. The summed E-state index contributed by atoms with van der Waals surface area (Å²) < 4.78 is 0. The predicted molar refractivity (Wildman–Crippen MR) is 67.1 cm³/mol. The number of rotatable bonds is 2. The van der Waals surface area contributed by atoms with E-state index in [4.69, 9.17) is 5.11 Å². The molecule has 0 fully saturated rings. The summed E-state index contributed by atoms with van der Waals surface area (Å²) in [5.41, 5.74) is 2.95. The molecule has 0 saturated heterocycles. The second-order valence-electron chi connectivity index (χ2n) is 4.12. The Morgan fingerprint density at radius 3 is 2.65 bits per heavy atom. The van der Waals surface area contributed by atoms with Crippen LogP contribution in [0.4, 0.5) is 0 Å². The second kappa shape index (κ2) is 3.63. The Balaban J connectivity index is 2.26. The van der Waals surface area contributed by atoms with E-state index in [1.165, 1.54) is 0 Å². The lowest BCUT2D eigenvalue weighted by Gasteiger charge is -1.97. The van der Waals surface area contributed by atoms with Gasteiger partial charge in [-0.25, -0.2) is 0 Å². The summed E-state index contributed by atoms with van der Waals surface area (Å²) >= 11 is 0. The maximum Gasteiger partial charge on any atom is 0.307 e. The summed E-state index contributed by atoms with van der Waals surface area (Å²) in [6, 6.07) is 13.8. The van der Waals surface area contributed by atoms with Gasteiger partial charge in [-0.1, -0.05) is 24.3 Å². The molecule has 0 unspecified atom stereocenters. The van der Waals surface area contributed by atoms with Gasteiger partial charge in [-0.2, -0.15) is 0 Å². The standard InChI is InChI=1S/C14H11NO2/c16-14(17)8-9-5-6-13-11(7-9)10-3-1-2-4-12(10)15-13/h1-7,15H,8H2,(H,16,17). The van der Waals surface area contributed by atoms with Crippen molar-refractivity contribution in [1.82, 2.24) is 4.98 Å². The number of benzene rings is 2. The first kappa shape index (κ1) is 9.90. The van der Waals surface area contributed by atoms with E-state index >= 15 is 0 Å². The van der Waals surface area contributed by atoms with Crippen LogP contribution in [0.15, 0.2) is 42.5 Å². The zero-order valence-electron chi connectivity index (χ0n) is 9.10. The van der Waals surface area contributed by atoms with Crippen LogP contribution in [-0.4, -0.2) is 16.1 Å². The van der Waals surface area contributed by atoms with Gasteiger partial charge in [0.05, 0.1) is 6.42 Å². The third-order valence-corrected chi connectivity index (χ3v) is 2.93. The maximum absolute atomic E-state index is 10.7. The number of hydrogen-bond acceptors (Lipinski definition) is 1. The summed E-state index contributed by atoms with van der Waals surface area (Å²) in [5.74, 6) is -0.802. The van der Waals surface area contributed by atoms with Crippen molar-refractivity contribution in [1.29, 1.82) is 0 Å². The molecule has 0 spiro atoms. The van der Waals surface area contributed by atoms with Gasteiger partial charge in [0.25, 0.3) is 0 Å². The summed E-state index contributed by atoms with van der Waals surface area (Å²) in [6.07, 6.45) is 0.0649. The Hall–Kier alpha value is -2.29. The van der Waals surface area contributed by atoms with E-state index in [1.54, 1.807) is 0 Å².